The Kier molecular flexibility index (Phi) is 10.4. The molecule has 0 amide bonds. The van der Waals surface area contributed by atoms with Gasteiger partial charge in [0, 0.05) is 6.42 Å². The van der Waals surface area contributed by atoms with Gasteiger partial charge in [0.05, 0.1) is 6.61 Å². The van der Waals surface area contributed by atoms with Crippen molar-refractivity contribution in [3.63, 3.8) is 0 Å². The first-order valence-corrected chi connectivity index (χ1v) is 7.26. The molecular formula is C14H26O7. The fourth-order valence-corrected chi connectivity index (χ4v) is 1.85. The van der Waals surface area contributed by atoms with Crippen LogP contribution in [0.5, 0.6) is 0 Å². The standard InChI is InChI=1S/C14H26O7/c1-2-3-4-5-6-7-9(16)11(18)13(20)14(21)12(19)10(17)8-15/h10,12-15,17,19-21H,2-8H2,1H3/t10-,12+,13+,14+/m1/s1. The Labute approximate surface area is 124 Å². The molecule has 4 atom stereocenters. The van der Waals surface area contributed by atoms with E-state index in [0.29, 0.717) is 6.42 Å². The van der Waals surface area contributed by atoms with Crippen LogP contribution in [0.4, 0.5) is 0 Å². The lowest BCUT2D eigenvalue weighted by Gasteiger charge is -2.24. The number of aliphatic hydroxyl groups is 5. The van der Waals surface area contributed by atoms with Crippen LogP contribution in [0.25, 0.3) is 0 Å². The first-order valence-electron chi connectivity index (χ1n) is 7.26. The van der Waals surface area contributed by atoms with Gasteiger partial charge in [0.25, 0.3) is 0 Å². The number of Topliss-reactive ketones (excluding diaryl/α,β-unsaturated/α-hetero) is 2. The van der Waals surface area contributed by atoms with Gasteiger partial charge in [0.1, 0.15) is 24.4 Å². The maximum absolute atomic E-state index is 11.6. The number of carbonyl (C=O) groups excluding carboxylic acids is 2. The molecule has 0 aromatic heterocycles. The van der Waals surface area contributed by atoms with Crippen LogP contribution in [0.3, 0.4) is 0 Å². The van der Waals surface area contributed by atoms with Crippen LogP contribution in [-0.2, 0) is 9.59 Å². The summed E-state index contributed by atoms with van der Waals surface area (Å²) in [7, 11) is 0. The van der Waals surface area contributed by atoms with E-state index in [4.69, 9.17) is 10.2 Å². The Balaban J connectivity index is 4.26. The molecule has 0 rings (SSSR count). The van der Waals surface area contributed by atoms with Crippen LogP contribution >= 0.6 is 0 Å². The van der Waals surface area contributed by atoms with Crippen molar-refractivity contribution in [3.05, 3.63) is 0 Å². The summed E-state index contributed by atoms with van der Waals surface area (Å²) in [5, 5.41) is 46.2. The molecule has 124 valence electrons. The molecule has 0 spiro atoms. The van der Waals surface area contributed by atoms with Gasteiger partial charge in [-0.05, 0) is 6.42 Å². The second-order valence-corrected chi connectivity index (χ2v) is 5.13. The Morgan fingerprint density at radius 1 is 0.905 bits per heavy atom. The van der Waals surface area contributed by atoms with Crippen LogP contribution in [0.15, 0.2) is 0 Å². The molecule has 0 aromatic rings. The molecule has 0 heterocycles. The van der Waals surface area contributed by atoms with Crippen LogP contribution in [0.2, 0.25) is 0 Å². The minimum absolute atomic E-state index is 0.0228. The van der Waals surface area contributed by atoms with Crippen molar-refractivity contribution in [2.45, 2.75) is 69.9 Å². The molecular weight excluding hydrogens is 280 g/mol. The minimum atomic E-state index is -2.11. The van der Waals surface area contributed by atoms with Gasteiger partial charge in [-0.1, -0.05) is 32.6 Å². The predicted octanol–water partition coefficient (Wildman–Crippen LogP) is -1.08. The third kappa shape index (κ3) is 7.10. The normalized spacial score (nSPS) is 17.0. The molecule has 21 heavy (non-hydrogen) atoms. The monoisotopic (exact) mass is 306 g/mol. The smallest absolute Gasteiger partial charge is 0.229 e. The summed E-state index contributed by atoms with van der Waals surface area (Å²) in [6, 6.07) is 0. The zero-order chi connectivity index (χ0) is 16.4. The van der Waals surface area contributed by atoms with Crippen molar-refractivity contribution in [3.8, 4) is 0 Å². The number of hydrogen-bond acceptors (Lipinski definition) is 7. The number of unbranched alkanes of at least 4 members (excludes halogenated alkanes) is 4. The van der Waals surface area contributed by atoms with Crippen molar-refractivity contribution in [1.29, 1.82) is 0 Å². The van der Waals surface area contributed by atoms with E-state index in [2.05, 4.69) is 6.92 Å². The summed E-state index contributed by atoms with van der Waals surface area (Å²) in [6.07, 6.45) is -3.37. The molecule has 0 bridgehead atoms. The summed E-state index contributed by atoms with van der Waals surface area (Å²) >= 11 is 0. The summed E-state index contributed by atoms with van der Waals surface area (Å²) in [5.74, 6) is -2.01. The van der Waals surface area contributed by atoms with E-state index in [9.17, 15) is 24.9 Å². The molecule has 0 fully saturated rings. The maximum atomic E-state index is 11.6. The minimum Gasteiger partial charge on any atom is -0.394 e. The number of ketones is 2. The van der Waals surface area contributed by atoms with E-state index in [1.165, 1.54) is 0 Å². The fraction of sp³-hybridized carbons (Fsp3) is 0.857. The highest BCUT2D eigenvalue weighted by Gasteiger charge is 2.36. The quantitative estimate of drug-likeness (QED) is 0.228. The van der Waals surface area contributed by atoms with Gasteiger partial charge in [0.15, 0.2) is 0 Å². The van der Waals surface area contributed by atoms with Gasteiger partial charge >= 0.3 is 0 Å². The summed E-state index contributed by atoms with van der Waals surface area (Å²) in [5.41, 5.74) is 0. The number of aliphatic hydroxyl groups excluding tert-OH is 5. The van der Waals surface area contributed by atoms with E-state index in [1.807, 2.05) is 0 Å². The third-order valence-electron chi connectivity index (χ3n) is 3.31. The number of rotatable bonds is 12. The zero-order valence-corrected chi connectivity index (χ0v) is 12.3. The average molecular weight is 306 g/mol. The van der Waals surface area contributed by atoms with E-state index >= 15 is 0 Å². The largest absolute Gasteiger partial charge is 0.394 e. The zero-order valence-electron chi connectivity index (χ0n) is 12.3. The highest BCUT2D eigenvalue weighted by Crippen LogP contribution is 2.10. The van der Waals surface area contributed by atoms with Crippen molar-refractivity contribution in [2.24, 2.45) is 0 Å². The molecule has 0 radical (unpaired) electrons. The lowest BCUT2D eigenvalue weighted by atomic mass is 9.96. The molecule has 0 aliphatic heterocycles. The van der Waals surface area contributed by atoms with E-state index in [0.717, 1.165) is 25.7 Å². The van der Waals surface area contributed by atoms with E-state index in [1.54, 1.807) is 0 Å². The molecule has 0 aliphatic rings. The molecule has 0 aromatic carbocycles. The predicted molar refractivity (Wildman–Crippen MR) is 74.5 cm³/mol. The molecule has 0 aliphatic carbocycles. The second kappa shape index (κ2) is 10.8. The Bertz CT molecular complexity index is 318. The molecule has 7 nitrogen and oxygen atoms in total. The van der Waals surface area contributed by atoms with Gasteiger partial charge < -0.3 is 25.5 Å². The first-order chi connectivity index (χ1) is 9.86. The first kappa shape index (κ1) is 20.1. The van der Waals surface area contributed by atoms with Crippen LogP contribution in [0.1, 0.15) is 45.4 Å². The summed E-state index contributed by atoms with van der Waals surface area (Å²) < 4.78 is 0. The third-order valence-corrected chi connectivity index (χ3v) is 3.31. The SMILES string of the molecule is CCCCCCCC(=O)C(=O)[C@H](O)[C@@H](O)[C@@H](O)[C@H](O)CO. The van der Waals surface area contributed by atoms with Crippen molar-refractivity contribution in [2.75, 3.05) is 6.61 Å². The topological polar surface area (TPSA) is 135 Å². The van der Waals surface area contributed by atoms with Crippen molar-refractivity contribution < 1.29 is 35.1 Å². The molecule has 5 N–H and O–H groups in total. The average Bonchev–Trinajstić information content (AvgIpc) is 2.50. The van der Waals surface area contributed by atoms with Gasteiger partial charge in [0.2, 0.25) is 11.6 Å². The van der Waals surface area contributed by atoms with Crippen LogP contribution < -0.4 is 0 Å². The van der Waals surface area contributed by atoms with E-state index < -0.39 is 42.6 Å². The lowest BCUT2D eigenvalue weighted by molar-refractivity contribution is -0.154. The molecule has 0 saturated heterocycles. The van der Waals surface area contributed by atoms with Crippen LogP contribution in [-0.4, -0.2) is 68.1 Å². The van der Waals surface area contributed by atoms with Crippen molar-refractivity contribution in [1.82, 2.24) is 0 Å². The molecule has 7 heteroatoms. The van der Waals surface area contributed by atoms with Gasteiger partial charge in [-0.2, -0.15) is 0 Å². The number of carbonyl (C=O) groups is 2. The second-order valence-electron chi connectivity index (χ2n) is 5.13. The van der Waals surface area contributed by atoms with Gasteiger partial charge in [-0.15, -0.1) is 0 Å². The summed E-state index contributed by atoms with van der Waals surface area (Å²) in [6.45, 7) is 1.21. The molecule has 0 unspecified atom stereocenters. The fourth-order valence-electron chi connectivity index (χ4n) is 1.85. The Morgan fingerprint density at radius 2 is 1.48 bits per heavy atom. The highest BCUT2D eigenvalue weighted by atomic mass is 16.4. The Morgan fingerprint density at radius 3 is 2.00 bits per heavy atom. The highest BCUT2D eigenvalue weighted by molar-refractivity contribution is 6.38. The van der Waals surface area contributed by atoms with E-state index in [-0.39, 0.29) is 6.42 Å². The lowest BCUT2D eigenvalue weighted by Crippen LogP contribution is -2.50. The van der Waals surface area contributed by atoms with Crippen LogP contribution in [0, 0.1) is 0 Å². The number of hydrogen-bond donors (Lipinski definition) is 5. The van der Waals surface area contributed by atoms with Gasteiger partial charge in [-0.3, -0.25) is 9.59 Å². The van der Waals surface area contributed by atoms with Crippen molar-refractivity contribution >= 4 is 11.6 Å². The maximum Gasteiger partial charge on any atom is 0.229 e. The van der Waals surface area contributed by atoms with Gasteiger partial charge in [-0.25, -0.2) is 0 Å². The summed E-state index contributed by atoms with van der Waals surface area (Å²) in [4.78, 5) is 23.2. The Hall–Kier alpha value is -0.860. The molecule has 0 saturated carbocycles.